The molecular weight excluding hydrogens is 227 g/mol. The molecule has 0 amide bonds. The Morgan fingerprint density at radius 3 is 2.62 bits per heavy atom. The molecule has 0 aromatic carbocycles. The van der Waals surface area contributed by atoms with E-state index in [9.17, 15) is 0 Å². The molecule has 4 heteroatoms. The molecule has 0 atom stereocenters. The van der Waals surface area contributed by atoms with Crippen LogP contribution < -0.4 is 0 Å². The van der Waals surface area contributed by atoms with Gasteiger partial charge in [0.1, 0.15) is 0 Å². The van der Waals surface area contributed by atoms with E-state index in [0.717, 1.165) is 6.54 Å². The van der Waals surface area contributed by atoms with Gasteiger partial charge < -0.3 is 4.48 Å². The largest absolute Gasteiger partial charge is 0.401 e. The van der Waals surface area contributed by atoms with Crippen LogP contribution in [0.2, 0.25) is 0 Å². The number of likely N-dealkylation sites (tertiary alicyclic amines) is 1. The molecular formula is C9H14BBrN2. The van der Waals surface area contributed by atoms with E-state index in [1.807, 2.05) is 0 Å². The maximum Gasteiger partial charge on any atom is 0.222 e. The van der Waals surface area contributed by atoms with E-state index in [2.05, 4.69) is 45.6 Å². The Morgan fingerprint density at radius 2 is 2.08 bits per heavy atom. The molecule has 70 valence electrons. The van der Waals surface area contributed by atoms with E-state index in [1.54, 1.807) is 0 Å². The zero-order valence-electron chi connectivity index (χ0n) is 7.96. The average molecular weight is 241 g/mol. The summed E-state index contributed by atoms with van der Waals surface area (Å²) in [6.07, 6.45) is 4.85. The number of hydrogen-bond donors (Lipinski definition) is 0. The smallest absolute Gasteiger partial charge is 0.222 e. The zero-order valence-corrected chi connectivity index (χ0v) is 9.55. The van der Waals surface area contributed by atoms with Crippen molar-refractivity contribution in [2.75, 3.05) is 13.1 Å². The topological polar surface area (TPSA) is 8.17 Å². The van der Waals surface area contributed by atoms with Gasteiger partial charge in [-0.15, -0.1) is 0 Å². The van der Waals surface area contributed by atoms with Gasteiger partial charge in [0, 0.05) is 22.9 Å². The highest BCUT2D eigenvalue weighted by Gasteiger charge is 2.13. The Labute approximate surface area is 88.5 Å². The normalized spacial score (nSPS) is 18.2. The van der Waals surface area contributed by atoms with Gasteiger partial charge in [0.2, 0.25) is 7.98 Å². The number of aromatic nitrogens is 1. The second kappa shape index (κ2) is 3.88. The van der Waals surface area contributed by atoms with Crippen molar-refractivity contribution in [1.82, 2.24) is 9.38 Å². The first-order valence-corrected chi connectivity index (χ1v) is 5.58. The summed E-state index contributed by atoms with van der Waals surface area (Å²) in [5.74, 6) is 0. The number of nitrogens with zero attached hydrogens (tertiary/aromatic N) is 2. The van der Waals surface area contributed by atoms with Crippen LogP contribution in [0.5, 0.6) is 0 Å². The third kappa shape index (κ3) is 2.17. The highest BCUT2D eigenvalue weighted by Crippen LogP contribution is 2.17. The van der Waals surface area contributed by atoms with Crippen LogP contribution >= 0.6 is 15.9 Å². The van der Waals surface area contributed by atoms with Gasteiger partial charge in [-0.3, -0.25) is 4.90 Å². The van der Waals surface area contributed by atoms with Crippen molar-refractivity contribution in [2.45, 2.75) is 19.4 Å². The van der Waals surface area contributed by atoms with Gasteiger partial charge in [0.05, 0.1) is 0 Å². The molecule has 1 aromatic heterocycles. The second-order valence-electron chi connectivity index (χ2n) is 3.74. The Kier molecular flexibility index (Phi) is 2.79. The fourth-order valence-electron chi connectivity index (χ4n) is 1.89. The van der Waals surface area contributed by atoms with Crippen LogP contribution in [0.25, 0.3) is 0 Å². The summed E-state index contributed by atoms with van der Waals surface area (Å²) in [6.45, 7) is 3.63. The number of rotatable bonds is 2. The maximum absolute atomic E-state index is 3.49. The third-order valence-electron chi connectivity index (χ3n) is 2.66. The highest BCUT2D eigenvalue weighted by atomic mass is 79.9. The first kappa shape index (κ1) is 9.34. The van der Waals surface area contributed by atoms with Crippen molar-refractivity contribution in [2.24, 2.45) is 0 Å². The fourth-order valence-corrected chi connectivity index (χ4v) is 2.46. The van der Waals surface area contributed by atoms with Crippen molar-refractivity contribution in [3.63, 3.8) is 0 Å². The monoisotopic (exact) mass is 240 g/mol. The molecule has 0 bridgehead atoms. The summed E-state index contributed by atoms with van der Waals surface area (Å²) in [5.41, 5.74) is 1.40. The third-order valence-corrected chi connectivity index (χ3v) is 3.09. The predicted molar refractivity (Wildman–Crippen MR) is 60.6 cm³/mol. The van der Waals surface area contributed by atoms with Gasteiger partial charge in [-0.2, -0.15) is 0 Å². The molecule has 1 fully saturated rings. The van der Waals surface area contributed by atoms with Crippen molar-refractivity contribution in [3.8, 4) is 0 Å². The Hall–Kier alpha value is -0.215. The molecule has 1 aromatic rings. The molecule has 1 aliphatic heterocycles. The van der Waals surface area contributed by atoms with E-state index >= 15 is 0 Å². The molecule has 13 heavy (non-hydrogen) atoms. The van der Waals surface area contributed by atoms with Gasteiger partial charge in [0.15, 0.2) is 0 Å². The lowest BCUT2D eigenvalue weighted by Crippen LogP contribution is -2.20. The number of hydrogen-bond acceptors (Lipinski definition) is 1. The molecule has 2 heterocycles. The van der Waals surface area contributed by atoms with Gasteiger partial charge >= 0.3 is 0 Å². The van der Waals surface area contributed by atoms with Crippen molar-refractivity contribution in [3.05, 3.63) is 22.4 Å². The van der Waals surface area contributed by atoms with Crippen LogP contribution in [0.3, 0.4) is 0 Å². The molecule has 1 saturated heterocycles. The fraction of sp³-hybridized carbons (Fsp3) is 0.556. The Bertz CT molecular complexity index is 292. The lowest BCUT2D eigenvalue weighted by molar-refractivity contribution is 0.326. The molecule has 0 unspecified atom stereocenters. The van der Waals surface area contributed by atoms with E-state index in [1.165, 1.54) is 36.1 Å². The van der Waals surface area contributed by atoms with E-state index in [4.69, 9.17) is 0 Å². The maximum atomic E-state index is 3.49. The van der Waals surface area contributed by atoms with E-state index in [-0.39, 0.29) is 0 Å². The van der Waals surface area contributed by atoms with Crippen LogP contribution in [0, 0.1) is 0 Å². The summed E-state index contributed by atoms with van der Waals surface area (Å²) in [5, 5.41) is 0. The summed E-state index contributed by atoms with van der Waals surface area (Å²) < 4.78 is 3.38. The summed E-state index contributed by atoms with van der Waals surface area (Å²) in [6, 6.07) is 2.21. The van der Waals surface area contributed by atoms with Crippen LogP contribution in [0.15, 0.2) is 16.7 Å². The van der Waals surface area contributed by atoms with Gasteiger partial charge in [-0.05, 0) is 47.9 Å². The predicted octanol–water partition coefficient (Wildman–Crippen LogP) is 1.24. The highest BCUT2D eigenvalue weighted by molar-refractivity contribution is 9.10. The summed E-state index contributed by atoms with van der Waals surface area (Å²) in [7, 11) is 2.11. The molecule has 0 N–H and O–H groups in total. The first-order chi connectivity index (χ1) is 6.25. The Balaban J connectivity index is 2.03. The standard InChI is InChI=1S/C9H14BBrN2/c10-13-6-8(11)5-9(13)7-12-3-1-2-4-12/h5-6H,1-4,7,10H2. The van der Waals surface area contributed by atoms with Crippen molar-refractivity contribution < 1.29 is 0 Å². The minimum Gasteiger partial charge on any atom is -0.401 e. The van der Waals surface area contributed by atoms with Crippen molar-refractivity contribution >= 4 is 23.9 Å². The number of halogens is 1. The van der Waals surface area contributed by atoms with E-state index < -0.39 is 0 Å². The van der Waals surface area contributed by atoms with Gasteiger partial charge in [-0.25, -0.2) is 0 Å². The lowest BCUT2D eigenvalue weighted by atomic mass is 10.3. The zero-order chi connectivity index (χ0) is 9.26. The Morgan fingerprint density at radius 1 is 1.38 bits per heavy atom. The molecule has 0 aliphatic carbocycles. The van der Waals surface area contributed by atoms with Crippen LogP contribution in [-0.2, 0) is 6.54 Å². The minimum absolute atomic E-state index is 1.10. The molecule has 0 radical (unpaired) electrons. The molecule has 2 rings (SSSR count). The molecule has 0 saturated carbocycles. The lowest BCUT2D eigenvalue weighted by Gasteiger charge is -2.14. The minimum atomic E-state index is 1.10. The summed E-state index contributed by atoms with van der Waals surface area (Å²) in [4.78, 5) is 2.52. The second-order valence-corrected chi connectivity index (χ2v) is 4.66. The van der Waals surface area contributed by atoms with Crippen molar-refractivity contribution in [1.29, 1.82) is 0 Å². The van der Waals surface area contributed by atoms with Crippen LogP contribution in [-0.4, -0.2) is 30.4 Å². The molecule has 1 aliphatic rings. The average Bonchev–Trinajstić information content (AvgIpc) is 2.63. The SMILES string of the molecule is Bn1cc(Br)cc1CN1CCCC1. The van der Waals surface area contributed by atoms with Gasteiger partial charge in [-0.1, -0.05) is 0 Å². The quantitative estimate of drug-likeness (QED) is 0.707. The first-order valence-electron chi connectivity index (χ1n) is 4.79. The van der Waals surface area contributed by atoms with Crippen LogP contribution in [0.4, 0.5) is 0 Å². The van der Waals surface area contributed by atoms with Gasteiger partial charge in [0.25, 0.3) is 0 Å². The van der Waals surface area contributed by atoms with Crippen LogP contribution in [0.1, 0.15) is 18.5 Å². The molecule has 2 nitrogen and oxygen atoms in total. The summed E-state index contributed by atoms with van der Waals surface area (Å²) >= 11 is 3.49. The molecule has 0 spiro atoms. The van der Waals surface area contributed by atoms with E-state index in [0.29, 0.717) is 0 Å².